The van der Waals surface area contributed by atoms with Crippen molar-refractivity contribution < 1.29 is 14.7 Å². The summed E-state index contributed by atoms with van der Waals surface area (Å²) in [6.07, 6.45) is 1.45. The summed E-state index contributed by atoms with van der Waals surface area (Å²) in [6, 6.07) is 5.97. The van der Waals surface area contributed by atoms with Gasteiger partial charge in [-0.25, -0.2) is 5.43 Å². The van der Waals surface area contributed by atoms with E-state index in [2.05, 4.69) is 21.2 Å². The van der Waals surface area contributed by atoms with Crippen molar-refractivity contribution in [2.24, 2.45) is 5.10 Å². The Morgan fingerprint density at radius 3 is 3.10 bits per heavy atom. The van der Waals surface area contributed by atoms with Crippen LogP contribution >= 0.6 is 0 Å². The number of hydrazone groups is 1. The highest BCUT2D eigenvalue weighted by atomic mass is 16.3. The monoisotopic (exact) mass is 276 g/mol. The molecule has 1 aliphatic rings. The number of rotatable bonds is 4. The number of aromatic hydroxyl groups is 1. The van der Waals surface area contributed by atoms with Crippen molar-refractivity contribution in [2.75, 3.05) is 13.1 Å². The maximum absolute atomic E-state index is 11.6. The first-order valence-corrected chi connectivity index (χ1v) is 6.27. The van der Waals surface area contributed by atoms with Crippen molar-refractivity contribution in [1.82, 2.24) is 16.1 Å². The number of hydrogen-bond acceptors (Lipinski definition) is 5. The molecule has 4 N–H and O–H groups in total. The van der Waals surface area contributed by atoms with Crippen molar-refractivity contribution in [2.45, 2.75) is 12.5 Å². The van der Waals surface area contributed by atoms with E-state index in [1.807, 2.05) is 0 Å². The van der Waals surface area contributed by atoms with E-state index in [0.29, 0.717) is 18.7 Å². The summed E-state index contributed by atoms with van der Waals surface area (Å²) in [5, 5.41) is 18.7. The van der Waals surface area contributed by atoms with E-state index in [9.17, 15) is 14.7 Å². The summed E-state index contributed by atoms with van der Waals surface area (Å²) >= 11 is 0. The molecule has 1 saturated heterocycles. The summed E-state index contributed by atoms with van der Waals surface area (Å²) in [7, 11) is 0. The van der Waals surface area contributed by atoms with Gasteiger partial charge in [-0.05, 0) is 17.7 Å². The number of piperazine rings is 1. The Bertz CT molecular complexity index is 530. The predicted molar refractivity (Wildman–Crippen MR) is 73.3 cm³/mol. The molecule has 0 aliphatic carbocycles. The Kier molecular flexibility index (Phi) is 4.67. The van der Waals surface area contributed by atoms with Gasteiger partial charge in [0, 0.05) is 13.1 Å². The molecular formula is C13H16N4O3. The first-order valence-electron chi connectivity index (χ1n) is 6.27. The van der Waals surface area contributed by atoms with Crippen LogP contribution in [0.2, 0.25) is 0 Å². The molecule has 0 radical (unpaired) electrons. The molecule has 1 aromatic rings. The quantitative estimate of drug-likeness (QED) is 0.432. The lowest BCUT2D eigenvalue weighted by molar-refractivity contribution is -0.129. The summed E-state index contributed by atoms with van der Waals surface area (Å²) in [5.74, 6) is -0.400. The fourth-order valence-corrected chi connectivity index (χ4v) is 1.83. The van der Waals surface area contributed by atoms with Crippen molar-refractivity contribution >= 4 is 18.0 Å². The minimum absolute atomic E-state index is 0.0310. The summed E-state index contributed by atoms with van der Waals surface area (Å²) in [6.45, 7) is 1.23. The second kappa shape index (κ2) is 6.67. The molecule has 1 aromatic carbocycles. The van der Waals surface area contributed by atoms with Crippen LogP contribution in [0.25, 0.3) is 0 Å². The molecule has 1 atom stereocenters. The van der Waals surface area contributed by atoms with Crippen LogP contribution in [-0.2, 0) is 9.59 Å². The second-order valence-corrected chi connectivity index (χ2v) is 4.39. The SMILES string of the molecule is O=C(CC1NCCNC1=O)N/N=C/c1cccc(O)c1. The van der Waals surface area contributed by atoms with Gasteiger partial charge in [0.1, 0.15) is 5.75 Å². The van der Waals surface area contributed by atoms with Crippen molar-refractivity contribution in [3.63, 3.8) is 0 Å². The Morgan fingerprint density at radius 2 is 2.35 bits per heavy atom. The lowest BCUT2D eigenvalue weighted by Gasteiger charge is -2.22. The normalized spacial score (nSPS) is 18.8. The van der Waals surface area contributed by atoms with Gasteiger partial charge in [-0.2, -0.15) is 5.10 Å². The maximum Gasteiger partial charge on any atom is 0.242 e. The summed E-state index contributed by atoms with van der Waals surface area (Å²) in [4.78, 5) is 23.1. The second-order valence-electron chi connectivity index (χ2n) is 4.39. The molecule has 7 heteroatoms. The molecule has 0 aromatic heterocycles. The minimum atomic E-state index is -0.514. The van der Waals surface area contributed by atoms with E-state index < -0.39 is 6.04 Å². The third-order valence-corrected chi connectivity index (χ3v) is 2.79. The Morgan fingerprint density at radius 1 is 1.50 bits per heavy atom. The fourth-order valence-electron chi connectivity index (χ4n) is 1.83. The van der Waals surface area contributed by atoms with E-state index in [0.717, 1.165) is 0 Å². The van der Waals surface area contributed by atoms with Gasteiger partial charge in [-0.15, -0.1) is 0 Å². The van der Waals surface area contributed by atoms with Crippen molar-refractivity contribution in [3.8, 4) is 5.75 Å². The molecule has 0 spiro atoms. The van der Waals surface area contributed by atoms with Crippen LogP contribution in [-0.4, -0.2) is 42.3 Å². The van der Waals surface area contributed by atoms with Crippen LogP contribution in [0, 0.1) is 0 Å². The predicted octanol–water partition coefficient (Wildman–Crippen LogP) is -0.680. The Balaban J connectivity index is 1.81. The average molecular weight is 276 g/mol. The molecule has 1 heterocycles. The number of amides is 2. The zero-order valence-corrected chi connectivity index (χ0v) is 10.8. The number of carbonyl (C=O) groups is 2. The third-order valence-electron chi connectivity index (χ3n) is 2.79. The van der Waals surface area contributed by atoms with Crippen LogP contribution in [0.15, 0.2) is 29.4 Å². The maximum atomic E-state index is 11.6. The van der Waals surface area contributed by atoms with Crippen LogP contribution < -0.4 is 16.1 Å². The van der Waals surface area contributed by atoms with Crippen LogP contribution in [0.3, 0.4) is 0 Å². The molecule has 1 fully saturated rings. The molecule has 0 saturated carbocycles. The number of phenols is 1. The van der Waals surface area contributed by atoms with Crippen LogP contribution in [0.4, 0.5) is 0 Å². The summed E-state index contributed by atoms with van der Waals surface area (Å²) in [5.41, 5.74) is 3.01. The van der Waals surface area contributed by atoms with Gasteiger partial charge < -0.3 is 15.7 Å². The first-order chi connectivity index (χ1) is 9.65. The largest absolute Gasteiger partial charge is 0.508 e. The first kappa shape index (κ1) is 14.0. The lowest BCUT2D eigenvalue weighted by Crippen LogP contribution is -2.54. The Hall–Kier alpha value is -2.41. The van der Waals surface area contributed by atoms with Gasteiger partial charge in [0.25, 0.3) is 0 Å². The molecule has 1 unspecified atom stereocenters. The van der Waals surface area contributed by atoms with Gasteiger partial charge in [-0.3, -0.25) is 9.59 Å². The molecule has 1 aliphatic heterocycles. The van der Waals surface area contributed by atoms with E-state index in [-0.39, 0.29) is 24.0 Å². The lowest BCUT2D eigenvalue weighted by atomic mass is 10.1. The molecule has 0 bridgehead atoms. The smallest absolute Gasteiger partial charge is 0.242 e. The molecule has 106 valence electrons. The van der Waals surface area contributed by atoms with Gasteiger partial charge >= 0.3 is 0 Å². The number of phenolic OH excluding ortho intramolecular Hbond substituents is 1. The van der Waals surface area contributed by atoms with Crippen molar-refractivity contribution in [3.05, 3.63) is 29.8 Å². The number of hydrogen-bond donors (Lipinski definition) is 4. The van der Waals surface area contributed by atoms with E-state index in [1.165, 1.54) is 12.3 Å². The molecule has 2 rings (SSSR count). The number of benzene rings is 1. The molecule has 20 heavy (non-hydrogen) atoms. The molecular weight excluding hydrogens is 260 g/mol. The van der Waals surface area contributed by atoms with Gasteiger partial charge in [-0.1, -0.05) is 12.1 Å². The Labute approximate surface area is 116 Å². The highest BCUT2D eigenvalue weighted by Gasteiger charge is 2.23. The van der Waals surface area contributed by atoms with Gasteiger partial charge in [0.05, 0.1) is 18.7 Å². The van der Waals surface area contributed by atoms with Gasteiger partial charge in [0.15, 0.2) is 0 Å². The minimum Gasteiger partial charge on any atom is -0.508 e. The number of nitrogens with one attached hydrogen (secondary N) is 3. The summed E-state index contributed by atoms with van der Waals surface area (Å²) < 4.78 is 0. The molecule has 2 amide bonds. The molecule has 7 nitrogen and oxygen atoms in total. The topological polar surface area (TPSA) is 103 Å². The fraction of sp³-hybridized carbons (Fsp3) is 0.308. The van der Waals surface area contributed by atoms with Gasteiger partial charge in [0.2, 0.25) is 11.8 Å². The standard InChI is InChI=1S/C13H16N4O3/c18-10-3-1-2-9(6-10)8-16-17-12(19)7-11-13(20)15-5-4-14-11/h1-3,6,8,11,14,18H,4-5,7H2,(H,15,20)(H,17,19)/b16-8+. The number of nitrogens with zero attached hydrogens (tertiary/aromatic N) is 1. The van der Waals surface area contributed by atoms with Crippen LogP contribution in [0.5, 0.6) is 5.75 Å². The van der Waals surface area contributed by atoms with Crippen LogP contribution in [0.1, 0.15) is 12.0 Å². The van der Waals surface area contributed by atoms with E-state index in [4.69, 9.17) is 0 Å². The number of carbonyl (C=O) groups excluding carboxylic acids is 2. The zero-order valence-electron chi connectivity index (χ0n) is 10.8. The average Bonchev–Trinajstić information content (AvgIpc) is 2.41. The third kappa shape index (κ3) is 4.06. The highest BCUT2D eigenvalue weighted by Crippen LogP contribution is 2.08. The zero-order chi connectivity index (χ0) is 14.4. The van der Waals surface area contributed by atoms with E-state index >= 15 is 0 Å². The van der Waals surface area contributed by atoms with Crippen molar-refractivity contribution in [1.29, 1.82) is 0 Å². The van der Waals surface area contributed by atoms with E-state index in [1.54, 1.807) is 18.2 Å². The highest BCUT2D eigenvalue weighted by molar-refractivity contribution is 5.89.